The van der Waals surface area contributed by atoms with Gasteiger partial charge in [0.15, 0.2) is 0 Å². The van der Waals surface area contributed by atoms with Crippen molar-refractivity contribution in [1.82, 2.24) is 45.3 Å². The van der Waals surface area contributed by atoms with Crippen molar-refractivity contribution < 1.29 is 23.9 Å². The number of hydrazine groups is 1. The number of aromatic nitrogens is 2. The van der Waals surface area contributed by atoms with Crippen LogP contribution in [0.25, 0.3) is 33.3 Å². The summed E-state index contributed by atoms with van der Waals surface area (Å²) in [6.45, 7) is 23.9. The molecule has 12 rings (SSSR count). The standard InChI is InChI=1S/C63H86N10O5/c1-8-72-52-20-19-44-31-47(52)49(57(72)48-32-46(34-64-53(48)39(2)3)69-28-27-68-23-10-9-15-45(68)35-69)33-62(6,7)38-78-61(77)50-16-12-24-73(67-50)59(75)51(30-41-13-11-14-43(44)29-41)65-58(74)56(40(4)5)70-25-21-63(36-70)22-26-71(37-63)60(76)55-54(66-55)42-17-18-42/h11,13-14,19-20,29,31-32,34,39-40,42,45,50-51,54-56,66-67H,8-10,12,15-18,21-28,30,33,35-38H2,1-7H3,(H,65,74)/t45-,50+,51+,54-,55-,56+,63+/m1/s1. The number of cyclic esters (lactones) is 1. The molecule has 7 aliphatic heterocycles. The lowest BCUT2D eigenvalue weighted by Gasteiger charge is -2.45. The lowest BCUT2D eigenvalue weighted by molar-refractivity contribution is -0.155. The number of carbonyl (C=O) groups is 4. The monoisotopic (exact) mass is 1060 g/mol. The van der Waals surface area contributed by atoms with Crippen LogP contribution < -0.4 is 21.0 Å². The average Bonchev–Trinajstić information content (AvgIpc) is 4.53. The van der Waals surface area contributed by atoms with Gasteiger partial charge in [-0.25, -0.2) is 5.43 Å². The summed E-state index contributed by atoms with van der Waals surface area (Å²) in [6.07, 6.45) is 12.3. The Balaban J connectivity index is 0.870. The number of ether oxygens (including phenoxy) is 1. The zero-order valence-electron chi connectivity index (χ0n) is 47.6. The Morgan fingerprint density at radius 3 is 2.50 bits per heavy atom. The zero-order chi connectivity index (χ0) is 54.2. The highest BCUT2D eigenvalue weighted by molar-refractivity contribution is 5.96. The number of benzene rings is 2. The fraction of sp³-hybridized carbons (Fsp3) is 0.635. The van der Waals surface area contributed by atoms with Gasteiger partial charge in [-0.2, -0.15) is 0 Å². The first-order chi connectivity index (χ1) is 37.6. The van der Waals surface area contributed by atoms with Crippen molar-refractivity contribution >= 4 is 40.3 Å². The third-order valence-corrected chi connectivity index (χ3v) is 19.2. The van der Waals surface area contributed by atoms with Gasteiger partial charge in [0, 0.05) is 98.2 Å². The molecule has 8 aliphatic rings. The number of nitrogens with one attached hydrogen (secondary N) is 3. The van der Waals surface area contributed by atoms with Gasteiger partial charge in [0.1, 0.15) is 18.1 Å². The minimum atomic E-state index is -0.906. The number of amides is 3. The topological polar surface area (TPSA) is 158 Å². The highest BCUT2D eigenvalue weighted by Crippen LogP contribution is 2.46. The summed E-state index contributed by atoms with van der Waals surface area (Å²) in [6, 6.07) is 16.5. The number of carbonyl (C=O) groups excluding carboxylic acids is 4. The number of aryl methyl sites for hydroxylation is 1. The van der Waals surface area contributed by atoms with Crippen LogP contribution in [0, 0.1) is 22.7 Å². The number of hydrogen-bond donors (Lipinski definition) is 3. The predicted octanol–water partition coefficient (Wildman–Crippen LogP) is 7.54. The molecule has 0 unspecified atom stereocenters. The zero-order valence-corrected chi connectivity index (χ0v) is 47.6. The lowest BCUT2D eigenvalue weighted by atomic mass is 9.83. The maximum absolute atomic E-state index is 15.0. The molecule has 15 heteroatoms. The molecule has 7 fully saturated rings. The van der Waals surface area contributed by atoms with Crippen LogP contribution in [-0.2, 0) is 43.3 Å². The van der Waals surface area contributed by atoms with Crippen LogP contribution in [0.1, 0.15) is 129 Å². The number of piperidine rings is 1. The second kappa shape index (κ2) is 21.3. The molecule has 3 amide bonds. The van der Waals surface area contributed by atoms with Gasteiger partial charge >= 0.3 is 5.97 Å². The Bertz CT molecular complexity index is 2950. The minimum absolute atomic E-state index is 0.0270. The van der Waals surface area contributed by atoms with E-state index in [4.69, 9.17) is 9.72 Å². The smallest absolute Gasteiger partial charge is 0.324 e. The summed E-state index contributed by atoms with van der Waals surface area (Å²) < 4.78 is 8.80. The van der Waals surface area contributed by atoms with Crippen LogP contribution in [0.3, 0.4) is 0 Å². The molecule has 1 spiro atoms. The molecule has 78 heavy (non-hydrogen) atoms. The van der Waals surface area contributed by atoms with Crippen molar-refractivity contribution in [2.24, 2.45) is 22.7 Å². The highest BCUT2D eigenvalue weighted by Gasteiger charge is 2.55. The Labute approximate surface area is 462 Å². The van der Waals surface area contributed by atoms with Crippen LogP contribution in [0.5, 0.6) is 0 Å². The van der Waals surface area contributed by atoms with Gasteiger partial charge < -0.3 is 24.4 Å². The summed E-state index contributed by atoms with van der Waals surface area (Å²) in [5.41, 5.74) is 12.8. The number of hydrogen-bond acceptors (Lipinski definition) is 11. The van der Waals surface area contributed by atoms with E-state index in [1.54, 1.807) is 5.01 Å². The first-order valence-corrected chi connectivity index (χ1v) is 30.1. The maximum atomic E-state index is 15.0. The second-order valence-electron chi connectivity index (χ2n) is 26.4. The molecular formula is C63H86N10O5. The van der Waals surface area contributed by atoms with Gasteiger partial charge in [0.25, 0.3) is 5.91 Å². The highest BCUT2D eigenvalue weighted by atomic mass is 16.5. The largest absolute Gasteiger partial charge is 0.464 e. The number of anilines is 1. The van der Waals surface area contributed by atoms with E-state index in [-0.39, 0.29) is 60.0 Å². The molecular weight excluding hydrogens is 977 g/mol. The van der Waals surface area contributed by atoms with E-state index in [2.05, 4.69) is 143 Å². The summed E-state index contributed by atoms with van der Waals surface area (Å²) in [5.74, 6) is 0.241. The fourth-order valence-corrected chi connectivity index (χ4v) is 14.9. The van der Waals surface area contributed by atoms with E-state index in [1.165, 1.54) is 66.5 Å². The third kappa shape index (κ3) is 10.5. The predicted molar refractivity (Wildman–Crippen MR) is 306 cm³/mol. The van der Waals surface area contributed by atoms with Crippen molar-refractivity contribution in [2.45, 2.75) is 168 Å². The average molecular weight is 1060 g/mol. The number of likely N-dealkylation sites (tertiary alicyclic amines) is 2. The normalized spacial score (nSPS) is 28.3. The Morgan fingerprint density at radius 2 is 1.71 bits per heavy atom. The molecule has 1 saturated carbocycles. The minimum Gasteiger partial charge on any atom is -0.464 e. The summed E-state index contributed by atoms with van der Waals surface area (Å²) in [4.78, 5) is 72.8. The van der Waals surface area contributed by atoms with Gasteiger partial charge in [-0.15, -0.1) is 0 Å². The van der Waals surface area contributed by atoms with Crippen LogP contribution in [0.4, 0.5) is 5.69 Å². The van der Waals surface area contributed by atoms with Gasteiger partial charge in [-0.05, 0) is 136 Å². The lowest BCUT2D eigenvalue weighted by Crippen LogP contribution is -2.62. The van der Waals surface area contributed by atoms with Crippen molar-refractivity contribution in [3.8, 4) is 22.4 Å². The first kappa shape index (κ1) is 53.3. The van der Waals surface area contributed by atoms with E-state index < -0.39 is 23.5 Å². The number of fused-ring (bicyclic) bond motifs is 7. The number of piperazine rings is 1. The van der Waals surface area contributed by atoms with Crippen molar-refractivity contribution in [1.29, 1.82) is 0 Å². The van der Waals surface area contributed by atoms with Gasteiger partial charge in [-0.3, -0.25) is 44.3 Å². The van der Waals surface area contributed by atoms with Crippen LogP contribution in [-0.4, -0.2) is 155 Å². The number of rotatable bonds is 10. The van der Waals surface area contributed by atoms with E-state index in [1.807, 2.05) is 0 Å². The molecule has 3 N–H and O–H groups in total. The van der Waals surface area contributed by atoms with Gasteiger partial charge in [0.05, 0.1) is 35.9 Å². The Morgan fingerprint density at radius 1 is 0.885 bits per heavy atom. The summed E-state index contributed by atoms with van der Waals surface area (Å²) in [7, 11) is 0. The Hall–Kier alpha value is -5.35. The van der Waals surface area contributed by atoms with Crippen molar-refractivity contribution in [3.05, 3.63) is 71.5 Å². The van der Waals surface area contributed by atoms with Crippen LogP contribution >= 0.6 is 0 Å². The van der Waals surface area contributed by atoms with Gasteiger partial charge in [0.2, 0.25) is 11.8 Å². The van der Waals surface area contributed by atoms with E-state index in [0.717, 1.165) is 93.1 Å². The fourth-order valence-electron chi connectivity index (χ4n) is 14.9. The molecule has 6 saturated heterocycles. The molecule has 418 valence electrons. The molecule has 4 aromatic rings. The molecule has 2 aromatic heterocycles. The number of nitrogens with zero attached hydrogens (tertiary/aromatic N) is 7. The maximum Gasteiger partial charge on any atom is 0.324 e. The molecule has 9 heterocycles. The van der Waals surface area contributed by atoms with Crippen LogP contribution in [0.15, 0.2) is 54.7 Å². The number of esters is 1. The molecule has 1 aliphatic carbocycles. The third-order valence-electron chi connectivity index (χ3n) is 19.2. The SMILES string of the molecule is CCn1c(-c2cc(N3CCN4CCCC[C@@H]4C3)cnc2C(C)C)c2c3cc(ccc31)-c1cccc(c1)C[C@H](NC(=O)[C@H](C(C)C)N1CC[C@]3(CCN(C(=O)[C@@H]4N[C@@H]4C4CC4)C3)C1)C(=O)N1CCC[C@H](N1)C(=O)OCC(C)(C)C2. The second-order valence-corrected chi connectivity index (χ2v) is 26.4. The van der Waals surface area contributed by atoms with Crippen molar-refractivity contribution in [2.75, 3.05) is 70.4 Å². The van der Waals surface area contributed by atoms with E-state index in [9.17, 15) is 14.4 Å². The quantitative estimate of drug-likeness (QED) is 0.107. The Kier molecular flexibility index (Phi) is 14.5. The van der Waals surface area contributed by atoms with E-state index >= 15 is 4.79 Å². The molecule has 7 atom stereocenters. The molecule has 2 aromatic carbocycles. The molecule has 15 nitrogen and oxygen atoms in total. The summed E-state index contributed by atoms with van der Waals surface area (Å²) >= 11 is 0. The molecule has 6 bridgehead atoms. The summed E-state index contributed by atoms with van der Waals surface area (Å²) in [5, 5.41) is 9.50. The molecule has 0 radical (unpaired) electrons. The van der Waals surface area contributed by atoms with Crippen LogP contribution in [0.2, 0.25) is 0 Å². The van der Waals surface area contributed by atoms with Gasteiger partial charge in [-0.1, -0.05) is 78.3 Å². The van der Waals surface area contributed by atoms with Crippen molar-refractivity contribution in [3.63, 3.8) is 0 Å². The van der Waals surface area contributed by atoms with E-state index in [0.29, 0.717) is 43.8 Å². The number of pyridine rings is 1. The first-order valence-electron chi connectivity index (χ1n) is 30.1.